The number of aliphatic hydroxyl groups is 1. The number of rotatable bonds is 4. The standard InChI is InChI=1S/C9H15NO2/c1-9(11,4-5-10-2)8-3-6-12-7-8/h3,6-7,10-11H,4-5H2,1-2H3. The van der Waals surface area contributed by atoms with Gasteiger partial charge >= 0.3 is 0 Å². The highest BCUT2D eigenvalue weighted by Gasteiger charge is 2.22. The van der Waals surface area contributed by atoms with E-state index in [9.17, 15) is 5.11 Å². The Kier molecular flexibility index (Phi) is 2.89. The van der Waals surface area contributed by atoms with E-state index in [0.717, 1.165) is 12.1 Å². The predicted octanol–water partition coefficient (Wildman–Crippen LogP) is 1.10. The van der Waals surface area contributed by atoms with Crippen molar-refractivity contribution in [3.63, 3.8) is 0 Å². The molecule has 12 heavy (non-hydrogen) atoms. The maximum atomic E-state index is 9.91. The van der Waals surface area contributed by atoms with E-state index in [1.165, 1.54) is 0 Å². The third-order valence-corrected chi connectivity index (χ3v) is 2.00. The van der Waals surface area contributed by atoms with Gasteiger partial charge in [0.25, 0.3) is 0 Å². The molecule has 0 spiro atoms. The molecule has 0 saturated carbocycles. The van der Waals surface area contributed by atoms with Gasteiger partial charge in [0.2, 0.25) is 0 Å². The van der Waals surface area contributed by atoms with Crippen LogP contribution in [0.15, 0.2) is 23.0 Å². The van der Waals surface area contributed by atoms with Crippen molar-refractivity contribution in [1.82, 2.24) is 5.32 Å². The molecule has 3 heteroatoms. The summed E-state index contributed by atoms with van der Waals surface area (Å²) in [4.78, 5) is 0. The van der Waals surface area contributed by atoms with E-state index in [4.69, 9.17) is 4.42 Å². The molecular weight excluding hydrogens is 154 g/mol. The zero-order valence-electron chi connectivity index (χ0n) is 7.50. The van der Waals surface area contributed by atoms with Crippen molar-refractivity contribution < 1.29 is 9.52 Å². The number of hydrogen-bond donors (Lipinski definition) is 2. The largest absolute Gasteiger partial charge is 0.472 e. The normalized spacial score (nSPS) is 15.9. The minimum absolute atomic E-state index is 0.684. The minimum Gasteiger partial charge on any atom is -0.472 e. The van der Waals surface area contributed by atoms with Gasteiger partial charge < -0.3 is 14.8 Å². The first-order valence-corrected chi connectivity index (χ1v) is 4.06. The van der Waals surface area contributed by atoms with Crippen LogP contribution in [0.1, 0.15) is 18.9 Å². The van der Waals surface area contributed by atoms with E-state index in [1.807, 2.05) is 7.05 Å². The summed E-state index contributed by atoms with van der Waals surface area (Å²) in [6.45, 7) is 2.58. The highest BCUT2D eigenvalue weighted by Crippen LogP contribution is 2.23. The molecule has 1 unspecified atom stereocenters. The summed E-state index contributed by atoms with van der Waals surface area (Å²) in [5.74, 6) is 0. The third-order valence-electron chi connectivity index (χ3n) is 2.00. The molecule has 0 aliphatic carbocycles. The zero-order valence-corrected chi connectivity index (χ0v) is 7.50. The monoisotopic (exact) mass is 169 g/mol. The smallest absolute Gasteiger partial charge is 0.0963 e. The molecule has 0 aliphatic heterocycles. The fourth-order valence-electron chi connectivity index (χ4n) is 1.08. The highest BCUT2D eigenvalue weighted by molar-refractivity contribution is 5.14. The Labute approximate surface area is 72.4 Å². The van der Waals surface area contributed by atoms with Crippen LogP contribution in [0.4, 0.5) is 0 Å². The lowest BCUT2D eigenvalue weighted by Crippen LogP contribution is -2.25. The molecule has 1 aromatic rings. The summed E-state index contributed by atoms with van der Waals surface area (Å²) in [5.41, 5.74) is 0.0495. The Morgan fingerprint density at radius 1 is 1.67 bits per heavy atom. The average molecular weight is 169 g/mol. The van der Waals surface area contributed by atoms with Crippen LogP contribution in [0.3, 0.4) is 0 Å². The molecule has 1 aromatic heterocycles. The molecule has 68 valence electrons. The quantitative estimate of drug-likeness (QED) is 0.709. The topological polar surface area (TPSA) is 45.4 Å². The van der Waals surface area contributed by atoms with Gasteiger partial charge in [-0.15, -0.1) is 0 Å². The highest BCUT2D eigenvalue weighted by atomic mass is 16.3. The van der Waals surface area contributed by atoms with Crippen LogP contribution < -0.4 is 5.32 Å². The average Bonchev–Trinajstić information content (AvgIpc) is 2.53. The van der Waals surface area contributed by atoms with Crippen LogP contribution in [0, 0.1) is 0 Å². The molecule has 1 atom stereocenters. The van der Waals surface area contributed by atoms with Gasteiger partial charge in [-0.25, -0.2) is 0 Å². The van der Waals surface area contributed by atoms with Crippen LogP contribution in [-0.4, -0.2) is 18.7 Å². The van der Waals surface area contributed by atoms with E-state index < -0.39 is 5.60 Å². The first-order chi connectivity index (χ1) is 5.67. The summed E-state index contributed by atoms with van der Waals surface area (Å²) >= 11 is 0. The molecular formula is C9H15NO2. The Morgan fingerprint density at radius 2 is 2.42 bits per heavy atom. The van der Waals surface area contributed by atoms with Crippen molar-refractivity contribution >= 4 is 0 Å². The predicted molar refractivity (Wildman–Crippen MR) is 46.8 cm³/mol. The number of nitrogens with one attached hydrogen (secondary N) is 1. The van der Waals surface area contributed by atoms with Gasteiger partial charge in [0.15, 0.2) is 0 Å². The molecule has 0 radical (unpaired) electrons. The Balaban J connectivity index is 2.59. The fourth-order valence-corrected chi connectivity index (χ4v) is 1.08. The first-order valence-electron chi connectivity index (χ1n) is 4.06. The van der Waals surface area contributed by atoms with Crippen LogP contribution in [0.2, 0.25) is 0 Å². The van der Waals surface area contributed by atoms with Crippen molar-refractivity contribution in [3.8, 4) is 0 Å². The molecule has 0 amide bonds. The number of furan rings is 1. The van der Waals surface area contributed by atoms with Gasteiger partial charge in [0.05, 0.1) is 18.1 Å². The van der Waals surface area contributed by atoms with Crippen LogP contribution in [0.25, 0.3) is 0 Å². The second kappa shape index (κ2) is 3.74. The summed E-state index contributed by atoms with van der Waals surface area (Å²) in [6, 6.07) is 1.79. The van der Waals surface area contributed by atoms with Crippen molar-refractivity contribution in [2.75, 3.05) is 13.6 Å². The SMILES string of the molecule is CNCCC(C)(O)c1ccoc1. The molecule has 0 saturated heterocycles. The molecule has 1 rings (SSSR count). The summed E-state index contributed by atoms with van der Waals surface area (Å²) in [7, 11) is 1.87. The molecule has 0 aliphatic rings. The van der Waals surface area contributed by atoms with Crippen LogP contribution >= 0.6 is 0 Å². The minimum atomic E-state index is -0.782. The lowest BCUT2D eigenvalue weighted by atomic mass is 9.95. The van der Waals surface area contributed by atoms with Crippen molar-refractivity contribution in [2.24, 2.45) is 0 Å². The van der Waals surface area contributed by atoms with Gasteiger partial charge in [0.1, 0.15) is 0 Å². The Bertz CT molecular complexity index is 216. The maximum absolute atomic E-state index is 9.91. The van der Waals surface area contributed by atoms with Gasteiger partial charge in [0, 0.05) is 5.56 Å². The summed E-state index contributed by atoms with van der Waals surface area (Å²) in [6.07, 6.45) is 3.84. The van der Waals surface area contributed by atoms with Crippen LogP contribution in [0.5, 0.6) is 0 Å². The summed E-state index contributed by atoms with van der Waals surface area (Å²) in [5, 5.41) is 12.9. The third kappa shape index (κ3) is 2.09. The van der Waals surface area contributed by atoms with Crippen LogP contribution in [-0.2, 0) is 5.60 Å². The van der Waals surface area contributed by atoms with Gasteiger partial charge in [-0.3, -0.25) is 0 Å². The van der Waals surface area contributed by atoms with Crippen molar-refractivity contribution in [3.05, 3.63) is 24.2 Å². The second-order valence-electron chi connectivity index (χ2n) is 3.14. The number of hydrogen-bond acceptors (Lipinski definition) is 3. The van der Waals surface area contributed by atoms with E-state index in [1.54, 1.807) is 25.5 Å². The van der Waals surface area contributed by atoms with E-state index >= 15 is 0 Å². The summed E-state index contributed by atoms with van der Waals surface area (Å²) < 4.78 is 4.90. The van der Waals surface area contributed by atoms with Crippen molar-refractivity contribution in [1.29, 1.82) is 0 Å². The molecule has 3 nitrogen and oxygen atoms in total. The van der Waals surface area contributed by atoms with E-state index in [0.29, 0.717) is 6.42 Å². The molecule has 0 aromatic carbocycles. The van der Waals surface area contributed by atoms with E-state index in [2.05, 4.69) is 5.32 Å². The zero-order chi connectivity index (χ0) is 9.03. The molecule has 1 heterocycles. The lowest BCUT2D eigenvalue weighted by Gasteiger charge is -2.21. The fraction of sp³-hybridized carbons (Fsp3) is 0.556. The van der Waals surface area contributed by atoms with Crippen molar-refractivity contribution in [2.45, 2.75) is 18.9 Å². The molecule has 2 N–H and O–H groups in total. The Morgan fingerprint density at radius 3 is 2.92 bits per heavy atom. The molecule has 0 fully saturated rings. The molecule has 0 bridgehead atoms. The lowest BCUT2D eigenvalue weighted by molar-refractivity contribution is 0.0479. The second-order valence-corrected chi connectivity index (χ2v) is 3.14. The van der Waals surface area contributed by atoms with Gasteiger partial charge in [-0.05, 0) is 33.0 Å². The Hall–Kier alpha value is -0.800. The van der Waals surface area contributed by atoms with Gasteiger partial charge in [-0.2, -0.15) is 0 Å². The first kappa shape index (κ1) is 9.29. The maximum Gasteiger partial charge on any atom is 0.0963 e. The van der Waals surface area contributed by atoms with Gasteiger partial charge in [-0.1, -0.05) is 0 Å². The van der Waals surface area contributed by atoms with E-state index in [-0.39, 0.29) is 0 Å².